The van der Waals surface area contributed by atoms with Crippen LogP contribution in [-0.4, -0.2) is 17.5 Å². The zero-order chi connectivity index (χ0) is 18.5. The van der Waals surface area contributed by atoms with Crippen LogP contribution in [0.3, 0.4) is 0 Å². The topological polar surface area (TPSA) is 51.2 Å². The predicted molar refractivity (Wildman–Crippen MR) is 110 cm³/mol. The average Bonchev–Trinajstić information content (AvgIpc) is 3.03. The van der Waals surface area contributed by atoms with E-state index >= 15 is 0 Å². The number of benzene rings is 2. The van der Waals surface area contributed by atoms with Crippen LogP contribution in [0, 0.1) is 6.92 Å². The number of nitrogens with one attached hydrogen (secondary N) is 1. The molecule has 0 aliphatic heterocycles. The summed E-state index contributed by atoms with van der Waals surface area (Å²) >= 11 is 4.94. The van der Waals surface area contributed by atoms with Gasteiger partial charge in [0.2, 0.25) is 0 Å². The maximum absolute atomic E-state index is 12.2. The van der Waals surface area contributed by atoms with Crippen molar-refractivity contribution in [3.05, 3.63) is 63.4 Å². The SMILES string of the molecule is CCc1sc(NC(=O)COc2cccc(C)c2)nc1-c1ccc(Br)cc1. The fourth-order valence-corrected chi connectivity index (χ4v) is 3.69. The molecule has 0 bridgehead atoms. The number of aryl methyl sites for hydroxylation is 2. The van der Waals surface area contributed by atoms with Crippen LogP contribution in [0.5, 0.6) is 5.75 Å². The van der Waals surface area contributed by atoms with Crippen molar-refractivity contribution in [2.24, 2.45) is 0 Å². The molecule has 2 aromatic carbocycles. The lowest BCUT2D eigenvalue weighted by Gasteiger charge is -2.06. The number of anilines is 1. The Bertz CT molecular complexity index is 906. The number of hydrogen-bond acceptors (Lipinski definition) is 4. The second kappa shape index (κ2) is 8.47. The molecule has 4 nitrogen and oxygen atoms in total. The molecule has 1 heterocycles. The molecule has 0 saturated heterocycles. The Morgan fingerprint density at radius 2 is 2.00 bits per heavy atom. The summed E-state index contributed by atoms with van der Waals surface area (Å²) in [6.07, 6.45) is 0.860. The summed E-state index contributed by atoms with van der Waals surface area (Å²) in [5, 5.41) is 3.43. The van der Waals surface area contributed by atoms with Crippen molar-refractivity contribution in [3.63, 3.8) is 0 Å². The predicted octanol–water partition coefficient (Wildman–Crippen LogP) is 5.46. The van der Waals surface area contributed by atoms with Crippen molar-refractivity contribution in [2.45, 2.75) is 20.3 Å². The molecule has 6 heteroatoms. The van der Waals surface area contributed by atoms with Crippen LogP contribution in [0.2, 0.25) is 0 Å². The summed E-state index contributed by atoms with van der Waals surface area (Å²) < 4.78 is 6.57. The fraction of sp³-hybridized carbons (Fsp3) is 0.200. The largest absolute Gasteiger partial charge is 0.484 e. The van der Waals surface area contributed by atoms with Crippen LogP contribution in [0.1, 0.15) is 17.4 Å². The highest BCUT2D eigenvalue weighted by molar-refractivity contribution is 9.10. The third-order valence-electron chi connectivity index (χ3n) is 3.74. The van der Waals surface area contributed by atoms with Crippen molar-refractivity contribution in [2.75, 3.05) is 11.9 Å². The summed E-state index contributed by atoms with van der Waals surface area (Å²) in [5.41, 5.74) is 3.05. The van der Waals surface area contributed by atoms with Crippen LogP contribution in [0.25, 0.3) is 11.3 Å². The Morgan fingerprint density at radius 1 is 1.23 bits per heavy atom. The maximum atomic E-state index is 12.2. The van der Waals surface area contributed by atoms with Crippen LogP contribution in [0.15, 0.2) is 53.0 Å². The van der Waals surface area contributed by atoms with Gasteiger partial charge in [0, 0.05) is 14.9 Å². The summed E-state index contributed by atoms with van der Waals surface area (Å²) in [5.74, 6) is 0.467. The first-order valence-corrected chi connectivity index (χ1v) is 9.91. The maximum Gasteiger partial charge on any atom is 0.264 e. The van der Waals surface area contributed by atoms with E-state index < -0.39 is 0 Å². The minimum atomic E-state index is -0.217. The molecule has 1 amide bonds. The third-order valence-corrected chi connectivity index (χ3v) is 5.39. The molecule has 3 rings (SSSR count). The van der Waals surface area contributed by atoms with Gasteiger partial charge >= 0.3 is 0 Å². The molecular weight excluding hydrogens is 412 g/mol. The van der Waals surface area contributed by atoms with Crippen LogP contribution >= 0.6 is 27.3 Å². The lowest BCUT2D eigenvalue weighted by atomic mass is 10.1. The summed E-state index contributed by atoms with van der Waals surface area (Å²) in [4.78, 5) is 17.9. The third kappa shape index (κ3) is 4.71. The Labute approximate surface area is 165 Å². The molecule has 1 N–H and O–H groups in total. The normalized spacial score (nSPS) is 10.6. The summed E-state index contributed by atoms with van der Waals surface area (Å²) in [7, 11) is 0. The lowest BCUT2D eigenvalue weighted by Crippen LogP contribution is -2.20. The van der Waals surface area contributed by atoms with E-state index in [4.69, 9.17) is 4.74 Å². The van der Waals surface area contributed by atoms with Gasteiger partial charge in [0.15, 0.2) is 11.7 Å². The number of carbonyl (C=O) groups is 1. The molecule has 0 aliphatic rings. The summed E-state index contributed by atoms with van der Waals surface area (Å²) in [6.45, 7) is 4.03. The molecule has 26 heavy (non-hydrogen) atoms. The van der Waals surface area contributed by atoms with Gasteiger partial charge in [-0.15, -0.1) is 11.3 Å². The van der Waals surface area contributed by atoms with Crippen molar-refractivity contribution in [1.82, 2.24) is 4.98 Å². The van der Waals surface area contributed by atoms with E-state index in [1.165, 1.54) is 11.3 Å². The first-order chi connectivity index (χ1) is 12.5. The summed E-state index contributed by atoms with van der Waals surface area (Å²) in [6, 6.07) is 15.6. The van der Waals surface area contributed by atoms with Gasteiger partial charge in [-0.1, -0.05) is 47.1 Å². The fourth-order valence-electron chi connectivity index (χ4n) is 2.49. The Hall–Kier alpha value is -2.18. The van der Waals surface area contributed by atoms with Crippen LogP contribution < -0.4 is 10.1 Å². The molecule has 0 atom stereocenters. The van der Waals surface area contributed by atoms with E-state index in [9.17, 15) is 4.79 Å². The molecule has 0 fully saturated rings. The molecule has 0 aliphatic carbocycles. The molecule has 0 unspecified atom stereocenters. The molecular formula is C20H19BrN2O2S. The van der Waals surface area contributed by atoms with Crippen LogP contribution in [0.4, 0.5) is 5.13 Å². The van der Waals surface area contributed by atoms with Gasteiger partial charge < -0.3 is 4.74 Å². The smallest absolute Gasteiger partial charge is 0.264 e. The van der Waals surface area contributed by atoms with Crippen molar-refractivity contribution >= 4 is 38.3 Å². The van der Waals surface area contributed by atoms with E-state index in [0.29, 0.717) is 10.9 Å². The van der Waals surface area contributed by atoms with E-state index in [2.05, 4.69) is 33.2 Å². The van der Waals surface area contributed by atoms with E-state index in [-0.39, 0.29) is 12.5 Å². The van der Waals surface area contributed by atoms with Gasteiger partial charge in [0.25, 0.3) is 5.91 Å². The molecule has 0 radical (unpaired) electrons. The number of aromatic nitrogens is 1. The highest BCUT2D eigenvalue weighted by Gasteiger charge is 2.14. The number of thiazole rings is 1. The molecule has 134 valence electrons. The monoisotopic (exact) mass is 430 g/mol. The second-order valence-corrected chi connectivity index (χ2v) is 7.80. The quantitative estimate of drug-likeness (QED) is 0.564. The minimum Gasteiger partial charge on any atom is -0.484 e. The van der Waals surface area contributed by atoms with Gasteiger partial charge in [0.05, 0.1) is 5.69 Å². The minimum absolute atomic E-state index is 0.0435. The number of hydrogen-bond donors (Lipinski definition) is 1. The van der Waals surface area contributed by atoms with E-state index in [1.54, 1.807) is 0 Å². The Balaban J connectivity index is 1.67. The van der Waals surface area contributed by atoms with Gasteiger partial charge in [-0.3, -0.25) is 10.1 Å². The zero-order valence-corrected chi connectivity index (χ0v) is 17.0. The second-order valence-electron chi connectivity index (χ2n) is 5.80. The molecule has 0 saturated carbocycles. The van der Waals surface area contributed by atoms with Gasteiger partial charge in [-0.25, -0.2) is 4.98 Å². The zero-order valence-electron chi connectivity index (χ0n) is 14.6. The van der Waals surface area contributed by atoms with Gasteiger partial charge in [0.1, 0.15) is 5.75 Å². The Kier molecular flexibility index (Phi) is 6.06. The van der Waals surface area contributed by atoms with E-state index in [0.717, 1.165) is 32.6 Å². The van der Waals surface area contributed by atoms with Gasteiger partial charge in [-0.2, -0.15) is 0 Å². The van der Waals surface area contributed by atoms with Crippen LogP contribution in [-0.2, 0) is 11.2 Å². The molecule has 1 aromatic heterocycles. The highest BCUT2D eigenvalue weighted by Crippen LogP contribution is 2.32. The molecule has 0 spiro atoms. The first kappa shape index (κ1) is 18.6. The number of halogens is 1. The lowest BCUT2D eigenvalue weighted by molar-refractivity contribution is -0.118. The van der Waals surface area contributed by atoms with Crippen molar-refractivity contribution in [1.29, 1.82) is 0 Å². The number of carbonyl (C=O) groups excluding carboxylic acids is 1. The highest BCUT2D eigenvalue weighted by atomic mass is 79.9. The van der Waals surface area contributed by atoms with Crippen molar-refractivity contribution in [3.8, 4) is 17.0 Å². The standard InChI is InChI=1S/C20H19BrN2O2S/c1-3-17-19(14-7-9-15(21)10-8-14)23-20(26-17)22-18(24)12-25-16-6-4-5-13(2)11-16/h4-11H,3,12H2,1-2H3,(H,22,23,24). The number of rotatable bonds is 6. The Morgan fingerprint density at radius 3 is 2.69 bits per heavy atom. The number of nitrogens with zero attached hydrogens (tertiary/aromatic N) is 1. The van der Waals surface area contributed by atoms with E-state index in [1.807, 2.05) is 55.5 Å². The number of ether oxygens (including phenoxy) is 1. The number of amides is 1. The van der Waals surface area contributed by atoms with Crippen molar-refractivity contribution < 1.29 is 9.53 Å². The van der Waals surface area contributed by atoms with Gasteiger partial charge in [-0.05, 0) is 43.2 Å². The molecule has 3 aromatic rings. The average molecular weight is 431 g/mol. The first-order valence-electron chi connectivity index (χ1n) is 8.30.